The number of nitrogens with one attached hydrogen (secondary N) is 3. The van der Waals surface area contributed by atoms with E-state index in [2.05, 4.69) is 40.3 Å². The van der Waals surface area contributed by atoms with Crippen LogP contribution in [0, 0.1) is 5.92 Å². The number of nitrogens with zero attached hydrogens (tertiary/aromatic N) is 6. The standard InChI is InChI=1S/C48H50ClN9O6/c49-39-25-34(64-33-4-2-1-3-5-33)7-9-36(39)43(60)38-26-50-44-42(38)45(52-28-51-44)53-30-14-22-56(23-15-30)31-16-18-55(19-17-31)27-29-12-20-57(21-13-29)32-6-8-35-37(24-32)48(63)58(47(35)62)40-10-11-41(59)54-46(40)61/h1-9,24-26,28-31,40H,10-23,27H2,(H,54,59,61)(H2,50,51,52,53). The summed E-state index contributed by atoms with van der Waals surface area (Å²) in [6.45, 7) is 7.00. The molecule has 0 bridgehead atoms. The van der Waals surface area contributed by atoms with Crippen molar-refractivity contribution in [1.29, 1.82) is 0 Å². The summed E-state index contributed by atoms with van der Waals surface area (Å²) in [6.07, 6.45) is 9.79. The van der Waals surface area contributed by atoms with E-state index in [1.54, 1.807) is 36.5 Å². The van der Waals surface area contributed by atoms with Gasteiger partial charge in [-0.1, -0.05) is 29.8 Å². The first-order valence-electron chi connectivity index (χ1n) is 22.4. The number of piperidine rings is 4. The van der Waals surface area contributed by atoms with Gasteiger partial charge in [0.25, 0.3) is 11.8 Å². The zero-order valence-electron chi connectivity index (χ0n) is 35.4. The lowest BCUT2D eigenvalue weighted by Gasteiger charge is -2.43. The van der Waals surface area contributed by atoms with Crippen LogP contribution in [0.5, 0.6) is 11.5 Å². The molecule has 16 heteroatoms. The number of benzene rings is 3. The highest BCUT2D eigenvalue weighted by atomic mass is 35.5. The van der Waals surface area contributed by atoms with Crippen LogP contribution in [0.15, 0.2) is 79.3 Å². The summed E-state index contributed by atoms with van der Waals surface area (Å²) >= 11 is 6.66. The lowest BCUT2D eigenvalue weighted by Crippen LogP contribution is -2.54. The number of carbonyl (C=O) groups is 5. The molecular weight excluding hydrogens is 834 g/mol. The molecule has 0 radical (unpaired) electrons. The van der Waals surface area contributed by atoms with Gasteiger partial charge in [0.1, 0.15) is 35.3 Å². The van der Waals surface area contributed by atoms with E-state index >= 15 is 0 Å². The Bertz CT molecular complexity index is 2610. The van der Waals surface area contributed by atoms with E-state index in [0.29, 0.717) is 67.6 Å². The number of fused-ring (bicyclic) bond motifs is 2. The third-order valence-electron chi connectivity index (χ3n) is 13.7. The second-order valence-electron chi connectivity index (χ2n) is 17.6. The minimum atomic E-state index is -0.967. The van der Waals surface area contributed by atoms with E-state index in [9.17, 15) is 24.0 Å². The largest absolute Gasteiger partial charge is 0.457 e. The van der Waals surface area contributed by atoms with Crippen LogP contribution in [-0.4, -0.2) is 123 Å². The molecular formula is C48H50ClN9O6. The Labute approximate surface area is 375 Å². The maximum Gasteiger partial charge on any atom is 0.262 e. The topological polar surface area (TPSA) is 173 Å². The smallest absolute Gasteiger partial charge is 0.262 e. The van der Waals surface area contributed by atoms with Gasteiger partial charge < -0.3 is 29.7 Å². The van der Waals surface area contributed by atoms with Gasteiger partial charge in [-0.25, -0.2) is 9.97 Å². The van der Waals surface area contributed by atoms with Crippen molar-refractivity contribution < 1.29 is 28.7 Å². The number of rotatable bonds is 11. The first-order chi connectivity index (χ1) is 31.2. The molecule has 3 N–H and O–H groups in total. The fourth-order valence-electron chi connectivity index (χ4n) is 10.2. The monoisotopic (exact) mass is 883 g/mol. The van der Waals surface area contributed by atoms with Gasteiger partial charge in [-0.05, 0) is 106 Å². The van der Waals surface area contributed by atoms with Gasteiger partial charge in [-0.15, -0.1) is 0 Å². The molecule has 15 nitrogen and oxygen atoms in total. The van der Waals surface area contributed by atoms with Crippen molar-refractivity contribution in [1.82, 2.24) is 35.0 Å². The summed E-state index contributed by atoms with van der Waals surface area (Å²) in [5, 5.41) is 6.88. The van der Waals surface area contributed by atoms with Gasteiger partial charge in [0.15, 0.2) is 5.78 Å². The number of amides is 4. The van der Waals surface area contributed by atoms with E-state index in [1.165, 1.54) is 6.33 Å². The number of halogens is 1. The van der Waals surface area contributed by atoms with Gasteiger partial charge in [-0.3, -0.25) is 34.2 Å². The summed E-state index contributed by atoms with van der Waals surface area (Å²) in [6, 6.07) is 19.7. The molecule has 1 unspecified atom stereocenters. The first kappa shape index (κ1) is 41.8. The minimum Gasteiger partial charge on any atom is -0.457 e. The van der Waals surface area contributed by atoms with E-state index in [4.69, 9.17) is 16.3 Å². The van der Waals surface area contributed by atoms with E-state index in [-0.39, 0.29) is 30.6 Å². The zero-order chi connectivity index (χ0) is 43.9. The molecule has 0 spiro atoms. The van der Waals surface area contributed by atoms with Crippen molar-refractivity contribution in [2.45, 2.75) is 69.5 Å². The van der Waals surface area contributed by atoms with Gasteiger partial charge in [0.05, 0.1) is 27.1 Å². The van der Waals surface area contributed by atoms with Crippen LogP contribution in [0.3, 0.4) is 0 Å². The molecule has 5 aromatic rings. The van der Waals surface area contributed by atoms with Crippen molar-refractivity contribution in [3.8, 4) is 11.5 Å². The molecule has 64 heavy (non-hydrogen) atoms. The van der Waals surface area contributed by atoms with Crippen LogP contribution in [0.4, 0.5) is 11.5 Å². The number of ketones is 1. The fraction of sp³-hybridized carbons (Fsp3) is 0.396. The quantitative estimate of drug-likeness (QED) is 0.100. The summed E-state index contributed by atoms with van der Waals surface area (Å²) in [7, 11) is 0. The highest BCUT2D eigenvalue weighted by Crippen LogP contribution is 2.35. The maximum absolute atomic E-state index is 13.9. The third kappa shape index (κ3) is 8.35. The molecule has 2 aromatic heterocycles. The number of ether oxygens (including phenoxy) is 1. The average molecular weight is 884 g/mol. The lowest BCUT2D eigenvalue weighted by atomic mass is 9.93. The number of likely N-dealkylation sites (tertiary alicyclic amines) is 2. The van der Waals surface area contributed by atoms with Crippen molar-refractivity contribution in [3.63, 3.8) is 0 Å². The predicted molar refractivity (Wildman–Crippen MR) is 241 cm³/mol. The van der Waals surface area contributed by atoms with Gasteiger partial charge >= 0.3 is 0 Å². The van der Waals surface area contributed by atoms with Gasteiger partial charge in [-0.2, -0.15) is 0 Å². The lowest BCUT2D eigenvalue weighted by molar-refractivity contribution is -0.136. The highest BCUT2D eigenvalue weighted by Gasteiger charge is 2.45. The number of hydrogen-bond donors (Lipinski definition) is 3. The molecule has 0 saturated carbocycles. The normalized spacial score (nSPS) is 20.8. The van der Waals surface area contributed by atoms with E-state index < -0.39 is 23.8 Å². The number of imide groups is 2. The Hall–Kier alpha value is -6.16. The van der Waals surface area contributed by atoms with E-state index in [1.807, 2.05) is 36.4 Å². The highest BCUT2D eigenvalue weighted by molar-refractivity contribution is 6.36. The van der Waals surface area contributed by atoms with Gasteiger partial charge in [0.2, 0.25) is 11.8 Å². The molecule has 0 aliphatic carbocycles. The van der Waals surface area contributed by atoms with Crippen molar-refractivity contribution in [2.24, 2.45) is 5.92 Å². The summed E-state index contributed by atoms with van der Waals surface area (Å²) < 4.78 is 5.92. The van der Waals surface area contributed by atoms with E-state index in [0.717, 1.165) is 94.9 Å². The van der Waals surface area contributed by atoms with Crippen LogP contribution < -0.4 is 20.3 Å². The second kappa shape index (κ2) is 17.8. The molecule has 4 amide bonds. The summed E-state index contributed by atoms with van der Waals surface area (Å²) in [5.41, 5.74) is 2.97. The first-order valence-corrected chi connectivity index (χ1v) is 22.8. The predicted octanol–water partition coefficient (Wildman–Crippen LogP) is 6.29. The summed E-state index contributed by atoms with van der Waals surface area (Å²) in [4.78, 5) is 85.4. The molecule has 330 valence electrons. The third-order valence-corrected chi connectivity index (χ3v) is 14.1. The Morgan fingerprint density at radius 1 is 0.781 bits per heavy atom. The number of para-hydroxylation sites is 1. The van der Waals surface area contributed by atoms with Crippen LogP contribution in [0.2, 0.25) is 5.02 Å². The van der Waals surface area contributed by atoms with Gasteiger partial charge in [0, 0.05) is 74.7 Å². The number of hydrogen-bond acceptors (Lipinski definition) is 12. The summed E-state index contributed by atoms with van der Waals surface area (Å²) in [5.74, 6) is 0.307. The number of aromatic nitrogens is 3. The van der Waals surface area contributed by atoms with Crippen LogP contribution in [0.25, 0.3) is 11.0 Å². The Morgan fingerprint density at radius 2 is 1.55 bits per heavy atom. The number of carbonyl (C=O) groups excluding carboxylic acids is 5. The average Bonchev–Trinajstić information content (AvgIpc) is 3.86. The molecule has 10 rings (SSSR count). The van der Waals surface area contributed by atoms with Crippen molar-refractivity contribution in [3.05, 3.63) is 107 Å². The Balaban J connectivity index is 0.683. The molecule has 3 aromatic carbocycles. The molecule has 5 aliphatic rings. The Kier molecular flexibility index (Phi) is 11.6. The van der Waals surface area contributed by atoms with Crippen molar-refractivity contribution in [2.75, 3.05) is 56.0 Å². The van der Waals surface area contributed by atoms with Crippen LogP contribution in [-0.2, 0) is 9.59 Å². The second-order valence-corrected chi connectivity index (χ2v) is 18.0. The fourth-order valence-corrected chi connectivity index (χ4v) is 10.5. The Morgan fingerprint density at radius 3 is 2.30 bits per heavy atom. The van der Waals surface area contributed by atoms with Crippen molar-refractivity contribution >= 4 is 63.6 Å². The number of aromatic amines is 1. The molecule has 5 aliphatic heterocycles. The van der Waals surface area contributed by atoms with Crippen LogP contribution in [0.1, 0.15) is 88.0 Å². The molecule has 4 saturated heterocycles. The number of H-pyrrole nitrogens is 1. The minimum absolute atomic E-state index is 0.0970. The molecule has 1 atom stereocenters. The molecule has 7 heterocycles. The SMILES string of the molecule is O=C1CCC(N2C(=O)c3ccc(N4CCC(CN5CCC(N6CCC(Nc7ncnc8[nH]cc(C(=O)c9ccc(Oc%10ccccc%10)cc9Cl)c78)CC6)CC5)CC4)cc3C2=O)C(=O)N1. The zero-order valence-corrected chi connectivity index (χ0v) is 36.2. The number of anilines is 2. The van der Waals surface area contributed by atoms with Crippen LogP contribution >= 0.6 is 11.6 Å². The maximum atomic E-state index is 13.9. The molecule has 4 fully saturated rings.